The highest BCUT2D eigenvalue weighted by Gasteiger charge is 1.92. The van der Waals surface area contributed by atoms with Gasteiger partial charge in [0.05, 0.1) is 5.69 Å². The molecule has 0 radical (unpaired) electrons. The number of aromatic nitrogens is 1. The van der Waals surface area contributed by atoms with Crippen LogP contribution in [0.5, 0.6) is 0 Å². The Morgan fingerprint density at radius 2 is 2.38 bits per heavy atom. The molecule has 1 rings (SSSR count). The third kappa shape index (κ3) is 4.00. The first-order chi connectivity index (χ1) is 6.18. The minimum Gasteiger partial charge on any atom is -0.478 e. The van der Waals surface area contributed by atoms with E-state index in [1.807, 2.05) is 5.38 Å². The van der Waals surface area contributed by atoms with Gasteiger partial charge in [0.15, 0.2) is 3.92 Å². The van der Waals surface area contributed by atoms with Gasteiger partial charge >= 0.3 is 5.97 Å². The van der Waals surface area contributed by atoms with Crippen LogP contribution in [0.15, 0.2) is 27.5 Å². The zero-order chi connectivity index (χ0) is 9.68. The average Bonchev–Trinajstić information content (AvgIpc) is 2.45. The van der Waals surface area contributed by atoms with Crippen molar-refractivity contribution in [3.63, 3.8) is 0 Å². The summed E-state index contributed by atoms with van der Waals surface area (Å²) in [6, 6.07) is 0. The van der Waals surface area contributed by atoms with Crippen molar-refractivity contribution in [3.05, 3.63) is 33.2 Å². The van der Waals surface area contributed by atoms with E-state index in [1.165, 1.54) is 17.4 Å². The van der Waals surface area contributed by atoms with E-state index < -0.39 is 5.97 Å². The van der Waals surface area contributed by atoms with Gasteiger partial charge in [-0.3, -0.25) is 0 Å². The molecular formula is C8H6BrNO2S. The van der Waals surface area contributed by atoms with Crippen LogP contribution in [0, 0.1) is 0 Å². The zero-order valence-corrected chi connectivity index (χ0v) is 8.88. The van der Waals surface area contributed by atoms with E-state index in [0.717, 1.165) is 15.7 Å². The Bertz CT molecular complexity index is 357. The lowest BCUT2D eigenvalue weighted by atomic mass is 10.4. The fourth-order valence-electron chi connectivity index (χ4n) is 0.632. The van der Waals surface area contributed by atoms with Crippen LogP contribution >= 0.6 is 27.3 Å². The summed E-state index contributed by atoms with van der Waals surface area (Å²) in [6.07, 6.45) is 5.89. The number of nitrogens with zero attached hydrogens (tertiary/aromatic N) is 1. The Kier molecular flexibility index (Phi) is 3.85. The molecule has 0 unspecified atom stereocenters. The highest BCUT2D eigenvalue weighted by Crippen LogP contribution is 2.16. The summed E-state index contributed by atoms with van der Waals surface area (Å²) in [4.78, 5) is 14.2. The second kappa shape index (κ2) is 4.94. The fraction of sp³-hybridized carbons (Fsp3) is 0. The molecule has 3 nitrogen and oxygen atoms in total. The van der Waals surface area contributed by atoms with E-state index in [0.29, 0.717) is 0 Å². The Morgan fingerprint density at radius 3 is 2.92 bits per heavy atom. The van der Waals surface area contributed by atoms with E-state index >= 15 is 0 Å². The maximum atomic E-state index is 10.1. The quantitative estimate of drug-likeness (QED) is 0.671. The molecule has 5 heteroatoms. The molecule has 0 spiro atoms. The van der Waals surface area contributed by atoms with Crippen LogP contribution in [0.3, 0.4) is 0 Å². The molecule has 0 saturated heterocycles. The maximum Gasteiger partial charge on any atom is 0.328 e. The highest BCUT2D eigenvalue weighted by atomic mass is 79.9. The number of rotatable bonds is 3. The predicted molar refractivity (Wildman–Crippen MR) is 55.6 cm³/mol. The van der Waals surface area contributed by atoms with Gasteiger partial charge in [-0.1, -0.05) is 12.2 Å². The van der Waals surface area contributed by atoms with Crippen molar-refractivity contribution in [3.8, 4) is 0 Å². The number of hydrogen-bond donors (Lipinski definition) is 1. The molecule has 0 aliphatic heterocycles. The summed E-state index contributed by atoms with van der Waals surface area (Å²) in [5.74, 6) is -0.955. The number of carboxylic acids is 1. The van der Waals surface area contributed by atoms with Crippen LogP contribution in [-0.4, -0.2) is 16.1 Å². The molecule has 68 valence electrons. The summed E-state index contributed by atoms with van der Waals surface area (Å²) in [5, 5.41) is 10.1. The topological polar surface area (TPSA) is 50.2 Å². The van der Waals surface area contributed by atoms with Gasteiger partial charge in [-0.05, 0) is 22.0 Å². The number of halogens is 1. The first-order valence-electron chi connectivity index (χ1n) is 3.37. The summed E-state index contributed by atoms with van der Waals surface area (Å²) < 4.78 is 0.814. The van der Waals surface area contributed by atoms with Crippen LogP contribution < -0.4 is 0 Å². The minimum atomic E-state index is -0.955. The number of thiazole rings is 1. The molecule has 0 bridgehead atoms. The molecule has 0 aliphatic rings. The molecule has 13 heavy (non-hydrogen) atoms. The number of allylic oxidation sites excluding steroid dienone is 2. The van der Waals surface area contributed by atoms with Gasteiger partial charge in [0.1, 0.15) is 0 Å². The summed E-state index contributed by atoms with van der Waals surface area (Å²) >= 11 is 4.71. The van der Waals surface area contributed by atoms with E-state index in [4.69, 9.17) is 5.11 Å². The third-order valence-corrected chi connectivity index (χ3v) is 2.49. The van der Waals surface area contributed by atoms with Crippen molar-refractivity contribution >= 4 is 39.3 Å². The van der Waals surface area contributed by atoms with Gasteiger partial charge in [0.2, 0.25) is 0 Å². The van der Waals surface area contributed by atoms with Crippen molar-refractivity contribution in [2.24, 2.45) is 0 Å². The SMILES string of the molecule is O=C(O)/C=C/C=C/c1csc(Br)n1. The smallest absolute Gasteiger partial charge is 0.328 e. The van der Waals surface area contributed by atoms with Gasteiger partial charge < -0.3 is 5.11 Å². The lowest BCUT2D eigenvalue weighted by Crippen LogP contribution is -1.84. The number of aliphatic carboxylic acids is 1. The van der Waals surface area contributed by atoms with Gasteiger partial charge in [-0.2, -0.15) is 0 Å². The molecule has 0 aromatic carbocycles. The molecule has 1 heterocycles. The molecule has 0 aliphatic carbocycles. The van der Waals surface area contributed by atoms with Crippen LogP contribution in [0.25, 0.3) is 6.08 Å². The summed E-state index contributed by atoms with van der Waals surface area (Å²) in [5.41, 5.74) is 0.812. The molecule has 1 aromatic rings. The number of carbonyl (C=O) groups is 1. The predicted octanol–water partition coefficient (Wildman–Crippen LogP) is 2.56. The molecule has 1 aromatic heterocycles. The van der Waals surface area contributed by atoms with Crippen LogP contribution in [-0.2, 0) is 4.79 Å². The first kappa shape index (κ1) is 10.1. The van der Waals surface area contributed by atoms with Crippen LogP contribution in [0.4, 0.5) is 0 Å². The fourth-order valence-corrected chi connectivity index (χ4v) is 1.62. The number of carboxylic acid groups (broad SMARTS) is 1. The second-order valence-corrected chi connectivity index (χ2v) is 4.22. The molecule has 0 saturated carbocycles. The third-order valence-electron chi connectivity index (χ3n) is 1.11. The largest absolute Gasteiger partial charge is 0.478 e. The Balaban J connectivity index is 2.54. The minimum absolute atomic E-state index is 0.812. The van der Waals surface area contributed by atoms with E-state index in [9.17, 15) is 4.79 Å². The van der Waals surface area contributed by atoms with E-state index in [2.05, 4.69) is 20.9 Å². The van der Waals surface area contributed by atoms with Crippen molar-refractivity contribution < 1.29 is 9.90 Å². The van der Waals surface area contributed by atoms with Gasteiger partial charge in [-0.25, -0.2) is 9.78 Å². The summed E-state index contributed by atoms with van der Waals surface area (Å²) in [7, 11) is 0. The number of hydrogen-bond acceptors (Lipinski definition) is 3. The normalized spacial score (nSPS) is 11.5. The molecule has 0 atom stereocenters. The van der Waals surface area contributed by atoms with Crippen molar-refractivity contribution in [2.45, 2.75) is 0 Å². The molecule has 0 fully saturated rings. The molecule has 0 amide bonds. The monoisotopic (exact) mass is 259 g/mol. The Labute approximate surface area is 87.6 Å². The first-order valence-corrected chi connectivity index (χ1v) is 5.04. The van der Waals surface area contributed by atoms with Crippen molar-refractivity contribution in [1.29, 1.82) is 0 Å². The van der Waals surface area contributed by atoms with Crippen molar-refractivity contribution in [1.82, 2.24) is 4.98 Å². The van der Waals surface area contributed by atoms with Crippen LogP contribution in [0.2, 0.25) is 0 Å². The Hall–Kier alpha value is -0.940. The standard InChI is InChI=1S/C8H6BrNO2S/c9-8-10-6(5-13-8)3-1-2-4-7(11)12/h1-5H,(H,11,12)/b3-1+,4-2+. The zero-order valence-electron chi connectivity index (χ0n) is 6.48. The lowest BCUT2D eigenvalue weighted by molar-refractivity contribution is -0.131. The second-order valence-electron chi connectivity index (χ2n) is 2.08. The van der Waals surface area contributed by atoms with Gasteiger partial charge in [-0.15, -0.1) is 11.3 Å². The molecule has 1 N–H and O–H groups in total. The van der Waals surface area contributed by atoms with Crippen molar-refractivity contribution in [2.75, 3.05) is 0 Å². The van der Waals surface area contributed by atoms with Gasteiger partial charge in [0.25, 0.3) is 0 Å². The lowest BCUT2D eigenvalue weighted by Gasteiger charge is -1.78. The Morgan fingerprint density at radius 1 is 1.62 bits per heavy atom. The molecular weight excluding hydrogens is 254 g/mol. The van der Waals surface area contributed by atoms with Crippen LogP contribution in [0.1, 0.15) is 5.69 Å². The maximum absolute atomic E-state index is 10.1. The summed E-state index contributed by atoms with van der Waals surface area (Å²) in [6.45, 7) is 0. The van der Waals surface area contributed by atoms with E-state index in [1.54, 1.807) is 12.2 Å². The highest BCUT2D eigenvalue weighted by molar-refractivity contribution is 9.11. The van der Waals surface area contributed by atoms with E-state index in [-0.39, 0.29) is 0 Å². The van der Waals surface area contributed by atoms with Gasteiger partial charge in [0, 0.05) is 11.5 Å². The average molecular weight is 260 g/mol.